The quantitative estimate of drug-likeness (QED) is 0.360. The summed E-state index contributed by atoms with van der Waals surface area (Å²) in [4.78, 5) is 73.8. The highest BCUT2D eigenvalue weighted by Gasteiger charge is 2.69. The molecule has 12 nitrogen and oxygen atoms in total. The van der Waals surface area contributed by atoms with Crippen molar-refractivity contribution in [1.82, 2.24) is 9.80 Å². The number of phenols is 1. The molecule has 5 unspecified atom stereocenters. The third kappa shape index (κ3) is 4.72. The van der Waals surface area contributed by atoms with E-state index in [1.54, 1.807) is 20.2 Å². The van der Waals surface area contributed by atoms with Crippen LogP contribution in [0.25, 0.3) is 11.3 Å². The number of hydrogen-bond donors (Lipinski definition) is 3. The lowest BCUT2D eigenvalue weighted by Crippen LogP contribution is -2.74. The minimum Gasteiger partial charge on any atom is -0.506 e. The lowest BCUT2D eigenvalue weighted by molar-refractivity contribution is -0.181. The van der Waals surface area contributed by atoms with Crippen molar-refractivity contribution in [3.05, 3.63) is 35.1 Å². The summed E-state index contributed by atoms with van der Waals surface area (Å²) in [5.41, 5.74) is 4.23. The number of carbonyl (C=O) groups excluding carboxylic acids is 5. The van der Waals surface area contributed by atoms with Gasteiger partial charge in [-0.05, 0) is 96.4 Å². The third-order valence-corrected chi connectivity index (χ3v) is 10.6. The summed E-state index contributed by atoms with van der Waals surface area (Å²) in [6, 6.07) is 4.29. The molecule has 46 heavy (non-hydrogen) atoms. The van der Waals surface area contributed by atoms with Crippen molar-refractivity contribution < 1.29 is 38.6 Å². The summed E-state index contributed by atoms with van der Waals surface area (Å²) in [5, 5.41) is 23.6. The molecule has 6 atom stereocenters. The average Bonchev–Trinajstić information content (AvgIpc) is 3.69. The molecule has 12 heteroatoms. The Kier molecular flexibility index (Phi) is 8.19. The second-order valence-corrected chi connectivity index (χ2v) is 13.4. The standard InChI is InChI=1S/C34H42N4O8/c1-5-38(6-2)22-15-20(23-10-9-18(46-23)16-37-11-7-8-12-37)28(39)25-19(22)13-17-14-21-27(36(3)4)30(41)26(33(35)44)32(43)34(21,45)31(42)24(17)29(25)40/h9-10,15,17,21,24,26-27,39,45H,5-8,11-14,16H2,1-4H3,(H2,35,44)/t17?,21?,24?,26?,27-,34?/m0/s1. The Morgan fingerprint density at radius 3 is 2.37 bits per heavy atom. The first-order valence-corrected chi connectivity index (χ1v) is 16.1. The van der Waals surface area contributed by atoms with Gasteiger partial charge in [0.05, 0.1) is 29.6 Å². The molecule has 3 aliphatic carbocycles. The first kappa shape index (κ1) is 32.1. The molecule has 0 radical (unpaired) electrons. The predicted molar refractivity (Wildman–Crippen MR) is 167 cm³/mol. The molecule has 6 rings (SSSR count). The number of phenolic OH excluding ortho intramolecular Hbond substituents is 1. The van der Waals surface area contributed by atoms with Gasteiger partial charge < -0.3 is 25.3 Å². The molecule has 4 aliphatic rings. The second-order valence-electron chi connectivity index (χ2n) is 13.4. The van der Waals surface area contributed by atoms with Crippen LogP contribution in [0.1, 0.15) is 54.8 Å². The first-order valence-electron chi connectivity index (χ1n) is 16.1. The van der Waals surface area contributed by atoms with E-state index in [2.05, 4.69) is 9.80 Å². The Morgan fingerprint density at radius 2 is 1.76 bits per heavy atom. The zero-order valence-corrected chi connectivity index (χ0v) is 26.7. The van der Waals surface area contributed by atoms with E-state index in [0.717, 1.165) is 37.4 Å². The summed E-state index contributed by atoms with van der Waals surface area (Å²) in [5.74, 6) is -9.58. The minimum atomic E-state index is -2.77. The number of carbonyl (C=O) groups is 5. The van der Waals surface area contributed by atoms with Crippen LogP contribution in [0, 0.1) is 23.7 Å². The molecule has 1 aliphatic heterocycles. The second kappa shape index (κ2) is 11.7. The van der Waals surface area contributed by atoms with E-state index in [0.29, 0.717) is 36.5 Å². The molecular formula is C34H42N4O8. The number of nitrogens with zero attached hydrogens (tertiary/aromatic N) is 3. The van der Waals surface area contributed by atoms with E-state index < -0.39 is 64.4 Å². The topological polar surface area (TPSA) is 175 Å². The fraction of sp³-hybridized carbons (Fsp3) is 0.559. The number of aromatic hydroxyl groups is 1. The van der Waals surface area contributed by atoms with Crippen LogP contribution in [-0.4, -0.2) is 101 Å². The molecule has 1 aromatic carbocycles. The SMILES string of the molecule is CCN(CC)c1cc(-c2ccc(CN3CCCC3)o2)c(O)c2c1CC1CC3[C@H](N(C)C)C(=O)C(C(N)=O)C(=O)C3(O)C(=O)C1C2=O. The number of likely N-dealkylation sites (N-methyl/N-ethyl adjacent to an activating group) is 1. The van der Waals surface area contributed by atoms with Crippen LogP contribution in [0.15, 0.2) is 22.6 Å². The number of rotatable bonds is 8. The van der Waals surface area contributed by atoms with Crippen molar-refractivity contribution >= 4 is 34.7 Å². The van der Waals surface area contributed by atoms with Gasteiger partial charge in [-0.2, -0.15) is 0 Å². The smallest absolute Gasteiger partial charge is 0.235 e. The van der Waals surface area contributed by atoms with E-state index in [9.17, 15) is 34.2 Å². The van der Waals surface area contributed by atoms with Crippen LogP contribution in [-0.2, 0) is 32.1 Å². The normalized spacial score (nSPS) is 29.6. The van der Waals surface area contributed by atoms with Gasteiger partial charge >= 0.3 is 0 Å². The number of benzene rings is 1. The number of furan rings is 1. The van der Waals surface area contributed by atoms with Crippen molar-refractivity contribution in [1.29, 1.82) is 0 Å². The number of amides is 1. The highest BCUT2D eigenvalue weighted by atomic mass is 16.3. The molecule has 1 saturated heterocycles. The molecule has 0 spiro atoms. The van der Waals surface area contributed by atoms with Crippen molar-refractivity contribution in [2.45, 2.75) is 57.7 Å². The first-order chi connectivity index (χ1) is 21.8. The van der Waals surface area contributed by atoms with Crippen molar-refractivity contribution in [3.63, 3.8) is 0 Å². The van der Waals surface area contributed by atoms with Gasteiger partial charge in [-0.1, -0.05) is 0 Å². The third-order valence-electron chi connectivity index (χ3n) is 10.6. The zero-order chi connectivity index (χ0) is 33.2. The Hall–Kier alpha value is -3.87. The van der Waals surface area contributed by atoms with Crippen LogP contribution in [0.4, 0.5) is 5.69 Å². The highest BCUT2D eigenvalue weighted by Crippen LogP contribution is 2.53. The maximum absolute atomic E-state index is 14.4. The van der Waals surface area contributed by atoms with E-state index >= 15 is 0 Å². The maximum Gasteiger partial charge on any atom is 0.235 e. The number of nitrogens with two attached hydrogens (primary N) is 1. The highest BCUT2D eigenvalue weighted by molar-refractivity contribution is 6.32. The van der Waals surface area contributed by atoms with Gasteiger partial charge in [-0.25, -0.2) is 0 Å². The molecule has 246 valence electrons. The van der Waals surface area contributed by atoms with Gasteiger partial charge in [-0.3, -0.25) is 33.8 Å². The molecule has 2 heterocycles. The van der Waals surface area contributed by atoms with Crippen molar-refractivity contribution in [2.24, 2.45) is 29.4 Å². The minimum absolute atomic E-state index is 0.00213. The van der Waals surface area contributed by atoms with Gasteiger partial charge in [0.2, 0.25) is 5.91 Å². The molecule has 1 amide bonds. The summed E-state index contributed by atoms with van der Waals surface area (Å²) in [6.07, 6.45) is 2.46. The summed E-state index contributed by atoms with van der Waals surface area (Å²) >= 11 is 0. The molecule has 0 bridgehead atoms. The Bertz CT molecular complexity index is 1620. The van der Waals surface area contributed by atoms with Gasteiger partial charge in [-0.15, -0.1) is 0 Å². The molecule has 2 saturated carbocycles. The number of likely N-dealkylation sites (tertiary alicyclic amines) is 1. The molecule has 4 N–H and O–H groups in total. The molecular weight excluding hydrogens is 592 g/mol. The number of hydrogen-bond acceptors (Lipinski definition) is 11. The molecule has 3 fully saturated rings. The number of aliphatic hydroxyl groups is 1. The summed E-state index contributed by atoms with van der Waals surface area (Å²) in [7, 11) is 3.13. The zero-order valence-electron chi connectivity index (χ0n) is 26.7. The van der Waals surface area contributed by atoms with Crippen molar-refractivity contribution in [2.75, 3.05) is 45.2 Å². The fourth-order valence-electron chi connectivity index (χ4n) is 8.46. The van der Waals surface area contributed by atoms with E-state index in [1.807, 2.05) is 26.0 Å². The average molecular weight is 635 g/mol. The Balaban J connectivity index is 1.47. The van der Waals surface area contributed by atoms with Crippen LogP contribution in [0.3, 0.4) is 0 Å². The van der Waals surface area contributed by atoms with Gasteiger partial charge in [0.25, 0.3) is 0 Å². The van der Waals surface area contributed by atoms with Crippen LogP contribution in [0.5, 0.6) is 5.75 Å². The van der Waals surface area contributed by atoms with Gasteiger partial charge in [0, 0.05) is 24.7 Å². The lowest BCUT2D eigenvalue weighted by atomic mass is 9.52. The van der Waals surface area contributed by atoms with E-state index in [-0.39, 0.29) is 24.2 Å². The van der Waals surface area contributed by atoms with Gasteiger partial charge in [0.1, 0.15) is 17.3 Å². The Morgan fingerprint density at radius 1 is 1.09 bits per heavy atom. The number of ketones is 4. The van der Waals surface area contributed by atoms with E-state index in [1.165, 1.54) is 4.90 Å². The molecule has 2 aromatic rings. The number of fused-ring (bicyclic) bond motifs is 3. The number of anilines is 1. The van der Waals surface area contributed by atoms with Gasteiger partial charge in [0.15, 0.2) is 34.7 Å². The molecule has 1 aromatic heterocycles. The van der Waals surface area contributed by atoms with Crippen molar-refractivity contribution in [3.8, 4) is 17.1 Å². The maximum atomic E-state index is 14.4. The van der Waals surface area contributed by atoms with Crippen LogP contribution < -0.4 is 10.6 Å². The van der Waals surface area contributed by atoms with E-state index in [4.69, 9.17) is 10.2 Å². The summed E-state index contributed by atoms with van der Waals surface area (Å²) in [6.45, 7) is 7.77. The fourth-order valence-corrected chi connectivity index (χ4v) is 8.46. The Labute approximate surface area is 267 Å². The van der Waals surface area contributed by atoms with Crippen LogP contribution >= 0.6 is 0 Å². The van der Waals surface area contributed by atoms with Crippen LogP contribution in [0.2, 0.25) is 0 Å². The largest absolute Gasteiger partial charge is 0.506 e. The number of Topliss-reactive ketones (excluding diaryl/α,β-unsaturated/α-hetero) is 4. The monoisotopic (exact) mass is 634 g/mol. The lowest BCUT2D eigenvalue weighted by Gasteiger charge is -2.52. The number of primary amides is 1. The predicted octanol–water partition coefficient (Wildman–Crippen LogP) is 1.57. The summed E-state index contributed by atoms with van der Waals surface area (Å²) < 4.78 is 6.18.